The predicted molar refractivity (Wildman–Crippen MR) is 77.9 cm³/mol. The van der Waals surface area contributed by atoms with E-state index in [9.17, 15) is 10.1 Å². The Morgan fingerprint density at radius 3 is 2.95 bits per heavy atom. The van der Waals surface area contributed by atoms with Crippen molar-refractivity contribution < 1.29 is 9.34 Å². The SMILES string of the molecule is CCCNCCCc1nnc(-c2cccc([N+](=O)[O-])c2)o1. The van der Waals surface area contributed by atoms with Gasteiger partial charge in [-0.15, -0.1) is 10.2 Å². The monoisotopic (exact) mass is 290 g/mol. The van der Waals surface area contributed by atoms with Crippen LogP contribution in [0.2, 0.25) is 0 Å². The van der Waals surface area contributed by atoms with Gasteiger partial charge in [0.15, 0.2) is 0 Å². The Bertz CT molecular complexity index is 597. The van der Waals surface area contributed by atoms with Gasteiger partial charge in [-0.1, -0.05) is 13.0 Å². The highest BCUT2D eigenvalue weighted by Crippen LogP contribution is 2.22. The number of hydrogen-bond donors (Lipinski definition) is 1. The normalized spacial score (nSPS) is 10.7. The molecule has 0 fully saturated rings. The Balaban J connectivity index is 1.96. The van der Waals surface area contributed by atoms with Crippen LogP contribution >= 0.6 is 0 Å². The summed E-state index contributed by atoms with van der Waals surface area (Å²) >= 11 is 0. The zero-order valence-corrected chi connectivity index (χ0v) is 11.9. The second-order valence-corrected chi connectivity index (χ2v) is 4.66. The molecule has 0 spiro atoms. The summed E-state index contributed by atoms with van der Waals surface area (Å²) in [7, 11) is 0. The first kappa shape index (κ1) is 15.1. The Morgan fingerprint density at radius 1 is 1.33 bits per heavy atom. The molecular weight excluding hydrogens is 272 g/mol. The lowest BCUT2D eigenvalue weighted by Gasteiger charge is -1.99. The zero-order valence-electron chi connectivity index (χ0n) is 11.9. The molecule has 0 unspecified atom stereocenters. The predicted octanol–water partition coefficient (Wildman–Crippen LogP) is 2.58. The largest absolute Gasteiger partial charge is 0.421 e. The number of aromatic nitrogens is 2. The number of nitrogens with zero attached hydrogens (tertiary/aromatic N) is 3. The van der Waals surface area contributed by atoms with Gasteiger partial charge in [0.1, 0.15) is 0 Å². The van der Waals surface area contributed by atoms with Crippen molar-refractivity contribution >= 4 is 5.69 Å². The van der Waals surface area contributed by atoms with Gasteiger partial charge in [0.05, 0.1) is 4.92 Å². The summed E-state index contributed by atoms with van der Waals surface area (Å²) in [6.45, 7) is 4.03. The molecule has 0 bridgehead atoms. The average molecular weight is 290 g/mol. The molecule has 0 aliphatic carbocycles. The minimum atomic E-state index is -0.444. The molecule has 112 valence electrons. The number of non-ortho nitro benzene ring substituents is 1. The molecule has 1 aromatic heterocycles. The third-order valence-electron chi connectivity index (χ3n) is 2.94. The molecule has 0 radical (unpaired) electrons. The Labute approximate surface area is 122 Å². The van der Waals surface area contributed by atoms with Crippen LogP contribution in [0, 0.1) is 10.1 Å². The third-order valence-corrected chi connectivity index (χ3v) is 2.94. The Morgan fingerprint density at radius 2 is 2.19 bits per heavy atom. The van der Waals surface area contributed by atoms with E-state index in [0.29, 0.717) is 23.8 Å². The third kappa shape index (κ3) is 4.35. The number of aryl methyl sites for hydroxylation is 1. The summed E-state index contributed by atoms with van der Waals surface area (Å²) in [4.78, 5) is 10.3. The highest BCUT2D eigenvalue weighted by molar-refractivity contribution is 5.57. The van der Waals surface area contributed by atoms with Gasteiger partial charge in [0.25, 0.3) is 5.69 Å². The summed E-state index contributed by atoms with van der Waals surface area (Å²) in [5, 5.41) is 22.0. The van der Waals surface area contributed by atoms with Crippen molar-refractivity contribution in [3.8, 4) is 11.5 Å². The topological polar surface area (TPSA) is 94.1 Å². The van der Waals surface area contributed by atoms with E-state index < -0.39 is 4.92 Å². The molecule has 0 amide bonds. The van der Waals surface area contributed by atoms with Crippen molar-refractivity contribution in [2.24, 2.45) is 0 Å². The minimum Gasteiger partial charge on any atom is -0.421 e. The summed E-state index contributed by atoms with van der Waals surface area (Å²) in [5.74, 6) is 0.866. The fraction of sp³-hybridized carbons (Fsp3) is 0.429. The molecule has 1 N–H and O–H groups in total. The van der Waals surface area contributed by atoms with Gasteiger partial charge in [0, 0.05) is 24.1 Å². The van der Waals surface area contributed by atoms with Gasteiger partial charge in [-0.3, -0.25) is 10.1 Å². The van der Waals surface area contributed by atoms with Gasteiger partial charge in [-0.2, -0.15) is 0 Å². The van der Waals surface area contributed by atoms with Crippen molar-refractivity contribution in [3.63, 3.8) is 0 Å². The fourth-order valence-electron chi connectivity index (χ4n) is 1.89. The van der Waals surface area contributed by atoms with E-state index in [1.54, 1.807) is 12.1 Å². The van der Waals surface area contributed by atoms with Crippen molar-refractivity contribution in [1.82, 2.24) is 15.5 Å². The van der Waals surface area contributed by atoms with Crippen LogP contribution in [0.3, 0.4) is 0 Å². The highest BCUT2D eigenvalue weighted by atomic mass is 16.6. The molecule has 21 heavy (non-hydrogen) atoms. The molecule has 7 nitrogen and oxygen atoms in total. The number of rotatable bonds is 8. The molecule has 2 rings (SSSR count). The molecule has 0 aliphatic rings. The molecule has 1 aromatic carbocycles. The maximum Gasteiger partial charge on any atom is 0.270 e. The molecule has 0 saturated heterocycles. The number of hydrogen-bond acceptors (Lipinski definition) is 6. The first-order valence-corrected chi connectivity index (χ1v) is 6.98. The molecule has 0 atom stereocenters. The van der Waals surface area contributed by atoms with Gasteiger partial charge < -0.3 is 9.73 Å². The smallest absolute Gasteiger partial charge is 0.270 e. The van der Waals surface area contributed by atoms with E-state index >= 15 is 0 Å². The van der Waals surface area contributed by atoms with Crippen LogP contribution in [-0.2, 0) is 6.42 Å². The Kier molecular flexibility index (Phi) is 5.39. The van der Waals surface area contributed by atoms with E-state index in [2.05, 4.69) is 22.4 Å². The maximum atomic E-state index is 10.7. The van der Waals surface area contributed by atoms with Gasteiger partial charge in [0.2, 0.25) is 11.8 Å². The molecule has 1 heterocycles. The Hall–Kier alpha value is -2.28. The van der Waals surface area contributed by atoms with E-state index in [0.717, 1.165) is 25.9 Å². The van der Waals surface area contributed by atoms with Gasteiger partial charge in [-0.25, -0.2) is 0 Å². The summed E-state index contributed by atoms with van der Waals surface area (Å²) in [5.41, 5.74) is 0.572. The minimum absolute atomic E-state index is 0.0102. The summed E-state index contributed by atoms with van der Waals surface area (Å²) < 4.78 is 5.54. The van der Waals surface area contributed by atoms with Crippen LogP contribution in [0.4, 0.5) is 5.69 Å². The lowest BCUT2D eigenvalue weighted by molar-refractivity contribution is -0.384. The van der Waals surface area contributed by atoms with Crippen LogP contribution in [0.1, 0.15) is 25.7 Å². The fourth-order valence-corrected chi connectivity index (χ4v) is 1.89. The van der Waals surface area contributed by atoms with E-state index in [1.165, 1.54) is 12.1 Å². The van der Waals surface area contributed by atoms with E-state index in [1.807, 2.05) is 0 Å². The first-order chi connectivity index (χ1) is 10.2. The lowest BCUT2D eigenvalue weighted by atomic mass is 10.2. The molecular formula is C14H18N4O3. The molecule has 2 aromatic rings. The second-order valence-electron chi connectivity index (χ2n) is 4.66. The van der Waals surface area contributed by atoms with Crippen LogP contribution in [0.15, 0.2) is 28.7 Å². The second kappa shape index (κ2) is 7.49. The quantitative estimate of drug-likeness (QED) is 0.456. The molecule has 7 heteroatoms. The highest BCUT2D eigenvalue weighted by Gasteiger charge is 2.12. The average Bonchev–Trinajstić information content (AvgIpc) is 2.96. The zero-order chi connectivity index (χ0) is 15.1. The summed E-state index contributed by atoms with van der Waals surface area (Å²) in [6.07, 6.45) is 2.71. The van der Waals surface area contributed by atoms with Crippen LogP contribution in [-0.4, -0.2) is 28.2 Å². The number of nitro groups is 1. The lowest BCUT2D eigenvalue weighted by Crippen LogP contribution is -2.16. The van der Waals surface area contributed by atoms with E-state index in [-0.39, 0.29) is 5.69 Å². The summed E-state index contributed by atoms with van der Waals surface area (Å²) in [6, 6.07) is 6.18. The van der Waals surface area contributed by atoms with Gasteiger partial charge >= 0.3 is 0 Å². The first-order valence-electron chi connectivity index (χ1n) is 6.98. The van der Waals surface area contributed by atoms with Crippen molar-refractivity contribution in [3.05, 3.63) is 40.3 Å². The van der Waals surface area contributed by atoms with Gasteiger partial charge in [-0.05, 0) is 32.0 Å². The standard InChI is InChI=1S/C14H18N4O3/c1-2-8-15-9-4-7-13-16-17-14(21-13)11-5-3-6-12(10-11)18(19)20/h3,5-6,10,15H,2,4,7-9H2,1H3. The maximum absolute atomic E-state index is 10.7. The molecule has 0 saturated carbocycles. The number of nitrogens with one attached hydrogen (secondary N) is 1. The van der Waals surface area contributed by atoms with Crippen LogP contribution < -0.4 is 5.32 Å². The van der Waals surface area contributed by atoms with Crippen molar-refractivity contribution in [2.45, 2.75) is 26.2 Å². The molecule has 0 aliphatic heterocycles. The number of nitro benzene ring substituents is 1. The van der Waals surface area contributed by atoms with Crippen molar-refractivity contribution in [1.29, 1.82) is 0 Å². The number of benzene rings is 1. The van der Waals surface area contributed by atoms with Crippen LogP contribution in [0.25, 0.3) is 11.5 Å². The van der Waals surface area contributed by atoms with Crippen LogP contribution in [0.5, 0.6) is 0 Å². The van der Waals surface area contributed by atoms with Crippen molar-refractivity contribution in [2.75, 3.05) is 13.1 Å². The van der Waals surface area contributed by atoms with E-state index in [4.69, 9.17) is 4.42 Å².